The van der Waals surface area contributed by atoms with Crippen LogP contribution in [-0.2, 0) is 25.7 Å². The number of amides is 2. The molecule has 1 aromatic rings. The summed E-state index contributed by atoms with van der Waals surface area (Å²) in [6.07, 6.45) is 0.0564. The molecule has 1 aromatic carbocycles. The van der Waals surface area contributed by atoms with E-state index >= 15 is 0 Å². The second-order valence-electron chi connectivity index (χ2n) is 5.37. The van der Waals surface area contributed by atoms with Gasteiger partial charge in [-0.15, -0.1) is 0 Å². The highest BCUT2D eigenvalue weighted by atomic mass is 16.5. The van der Waals surface area contributed by atoms with Gasteiger partial charge >= 0.3 is 5.97 Å². The maximum absolute atomic E-state index is 12.4. The van der Waals surface area contributed by atoms with E-state index in [1.807, 2.05) is 6.07 Å². The third-order valence-electron chi connectivity index (χ3n) is 3.69. The fraction of sp³-hybridized carbons (Fsp3) is 0.375. The topological polar surface area (TPSA) is 113 Å². The third-order valence-corrected chi connectivity index (χ3v) is 3.69. The zero-order valence-electron chi connectivity index (χ0n) is 13.2. The molecule has 0 spiro atoms. The van der Waals surface area contributed by atoms with Gasteiger partial charge in [-0.25, -0.2) is 0 Å². The molecule has 1 atom stereocenters. The van der Waals surface area contributed by atoms with Crippen molar-refractivity contribution in [3.8, 4) is 5.75 Å². The smallest absolute Gasteiger partial charge is 0.322 e. The number of rotatable bonds is 6. The van der Waals surface area contributed by atoms with E-state index in [4.69, 9.17) is 9.84 Å². The average Bonchev–Trinajstić information content (AvgIpc) is 2.56. The van der Waals surface area contributed by atoms with Gasteiger partial charge in [0.1, 0.15) is 12.3 Å². The van der Waals surface area contributed by atoms with E-state index in [1.54, 1.807) is 18.2 Å². The Morgan fingerprint density at radius 2 is 2.12 bits per heavy atom. The number of carbonyl (C=O) groups excluding carboxylic acids is 3. The van der Waals surface area contributed by atoms with Gasteiger partial charge in [-0.1, -0.05) is 12.1 Å². The van der Waals surface area contributed by atoms with Gasteiger partial charge in [0.15, 0.2) is 11.7 Å². The van der Waals surface area contributed by atoms with Gasteiger partial charge in [0.2, 0.25) is 11.8 Å². The number of nitrogens with zero attached hydrogens (tertiary/aromatic N) is 1. The number of methoxy groups -OCH3 is 1. The number of carboxylic acids is 1. The lowest BCUT2D eigenvalue weighted by Crippen LogP contribution is -2.52. The summed E-state index contributed by atoms with van der Waals surface area (Å²) in [6, 6.07) is 7.13. The predicted octanol–water partition coefficient (Wildman–Crippen LogP) is -0.186. The minimum Gasteiger partial charge on any atom is -0.497 e. The Morgan fingerprint density at radius 1 is 1.38 bits per heavy atom. The first-order chi connectivity index (χ1) is 11.4. The van der Waals surface area contributed by atoms with Gasteiger partial charge < -0.3 is 20.1 Å². The SMILES string of the molecule is COc1cccc(CN2CCC(=O)C(C(=O)NCC(=O)O)C2=O)c1. The number of ether oxygens (including phenoxy) is 1. The zero-order chi connectivity index (χ0) is 17.7. The van der Waals surface area contributed by atoms with E-state index in [-0.39, 0.29) is 19.5 Å². The van der Waals surface area contributed by atoms with Crippen molar-refractivity contribution < 1.29 is 29.0 Å². The van der Waals surface area contributed by atoms with Crippen molar-refractivity contribution in [3.05, 3.63) is 29.8 Å². The fourth-order valence-corrected chi connectivity index (χ4v) is 2.49. The van der Waals surface area contributed by atoms with E-state index in [2.05, 4.69) is 5.32 Å². The highest BCUT2D eigenvalue weighted by molar-refractivity contribution is 6.19. The molecule has 1 heterocycles. The first-order valence-electron chi connectivity index (χ1n) is 7.36. The summed E-state index contributed by atoms with van der Waals surface area (Å²) in [5, 5.41) is 10.7. The number of hydrogen-bond donors (Lipinski definition) is 2. The summed E-state index contributed by atoms with van der Waals surface area (Å²) in [5.74, 6) is -4.07. The molecule has 2 amide bonds. The molecule has 0 saturated carbocycles. The molecule has 1 saturated heterocycles. The number of likely N-dealkylation sites (tertiary alicyclic amines) is 1. The maximum atomic E-state index is 12.4. The van der Waals surface area contributed by atoms with Crippen molar-refractivity contribution in [3.63, 3.8) is 0 Å². The van der Waals surface area contributed by atoms with Crippen molar-refractivity contribution in [2.45, 2.75) is 13.0 Å². The molecule has 1 fully saturated rings. The molecular weight excluding hydrogens is 316 g/mol. The largest absolute Gasteiger partial charge is 0.497 e. The molecule has 1 aliphatic rings. The van der Waals surface area contributed by atoms with E-state index in [1.165, 1.54) is 12.0 Å². The summed E-state index contributed by atoms with van der Waals surface area (Å²) < 4.78 is 5.12. The van der Waals surface area contributed by atoms with Crippen molar-refractivity contribution in [1.29, 1.82) is 0 Å². The monoisotopic (exact) mass is 334 g/mol. The first-order valence-corrected chi connectivity index (χ1v) is 7.36. The standard InChI is InChI=1S/C16H18N2O6/c1-24-11-4-2-3-10(7-11)9-18-6-5-12(19)14(16(18)23)15(22)17-8-13(20)21/h2-4,7,14H,5-6,8-9H2,1H3,(H,17,22)(H,20,21). The van der Waals surface area contributed by atoms with Crippen molar-refractivity contribution >= 4 is 23.6 Å². The van der Waals surface area contributed by atoms with Crippen LogP contribution < -0.4 is 10.1 Å². The number of ketones is 1. The van der Waals surface area contributed by atoms with Crippen LogP contribution >= 0.6 is 0 Å². The molecular formula is C16H18N2O6. The number of nitrogens with one attached hydrogen (secondary N) is 1. The molecule has 1 aliphatic heterocycles. The van der Waals surface area contributed by atoms with Crippen LogP contribution in [0.15, 0.2) is 24.3 Å². The maximum Gasteiger partial charge on any atom is 0.322 e. The summed E-state index contributed by atoms with van der Waals surface area (Å²) >= 11 is 0. The van der Waals surface area contributed by atoms with Crippen LogP contribution in [0.3, 0.4) is 0 Å². The summed E-state index contributed by atoms with van der Waals surface area (Å²) in [7, 11) is 1.53. The molecule has 8 nitrogen and oxygen atoms in total. The number of Topliss-reactive ketones (excluding diaryl/α,β-unsaturated/α-hetero) is 1. The van der Waals surface area contributed by atoms with Crippen LogP contribution in [-0.4, -0.2) is 53.8 Å². The van der Waals surface area contributed by atoms with Gasteiger partial charge in [0.25, 0.3) is 0 Å². The predicted molar refractivity (Wildman–Crippen MR) is 82.2 cm³/mol. The van der Waals surface area contributed by atoms with Crippen LogP contribution in [0.2, 0.25) is 0 Å². The molecule has 0 radical (unpaired) electrons. The van der Waals surface area contributed by atoms with E-state index in [9.17, 15) is 19.2 Å². The normalized spacial score (nSPS) is 17.5. The number of carbonyl (C=O) groups is 4. The third kappa shape index (κ3) is 4.09. The second-order valence-corrected chi connectivity index (χ2v) is 5.37. The minimum absolute atomic E-state index is 0.0564. The van der Waals surface area contributed by atoms with Crippen molar-refractivity contribution in [1.82, 2.24) is 10.2 Å². The lowest BCUT2D eigenvalue weighted by atomic mass is 9.94. The Morgan fingerprint density at radius 3 is 2.79 bits per heavy atom. The minimum atomic E-state index is -1.48. The van der Waals surface area contributed by atoms with Crippen LogP contribution in [0.1, 0.15) is 12.0 Å². The molecule has 2 N–H and O–H groups in total. The molecule has 0 aliphatic carbocycles. The van der Waals surface area contributed by atoms with Crippen LogP contribution in [0.25, 0.3) is 0 Å². The van der Waals surface area contributed by atoms with E-state index in [0.717, 1.165) is 5.56 Å². The first kappa shape index (κ1) is 17.5. The van der Waals surface area contributed by atoms with Gasteiger partial charge in [-0.05, 0) is 17.7 Å². The molecule has 128 valence electrons. The molecule has 2 rings (SSSR count). The van der Waals surface area contributed by atoms with Gasteiger partial charge in [0, 0.05) is 19.5 Å². The lowest BCUT2D eigenvalue weighted by molar-refractivity contribution is -0.152. The van der Waals surface area contributed by atoms with Gasteiger partial charge in [-0.3, -0.25) is 19.2 Å². The Bertz CT molecular complexity index is 672. The van der Waals surface area contributed by atoms with Crippen molar-refractivity contribution in [2.24, 2.45) is 5.92 Å². The zero-order valence-corrected chi connectivity index (χ0v) is 13.2. The fourth-order valence-electron chi connectivity index (χ4n) is 2.49. The van der Waals surface area contributed by atoms with Crippen LogP contribution in [0.4, 0.5) is 0 Å². The molecule has 24 heavy (non-hydrogen) atoms. The van der Waals surface area contributed by atoms with Gasteiger partial charge in [0.05, 0.1) is 7.11 Å². The molecule has 1 unspecified atom stereocenters. The number of aliphatic carboxylic acids is 1. The average molecular weight is 334 g/mol. The molecule has 0 bridgehead atoms. The number of benzene rings is 1. The molecule has 8 heteroatoms. The van der Waals surface area contributed by atoms with Crippen LogP contribution in [0, 0.1) is 5.92 Å². The lowest BCUT2D eigenvalue weighted by Gasteiger charge is -2.30. The number of piperidine rings is 1. The number of hydrogen-bond acceptors (Lipinski definition) is 5. The summed E-state index contributed by atoms with van der Waals surface area (Å²) in [4.78, 5) is 48.2. The Balaban J connectivity index is 2.09. The Kier molecular flexibility index (Phi) is 5.51. The highest BCUT2D eigenvalue weighted by Gasteiger charge is 2.40. The summed E-state index contributed by atoms with van der Waals surface area (Å²) in [5.41, 5.74) is 0.807. The molecule has 0 aromatic heterocycles. The highest BCUT2D eigenvalue weighted by Crippen LogP contribution is 2.20. The van der Waals surface area contributed by atoms with E-state index in [0.29, 0.717) is 5.75 Å². The second kappa shape index (κ2) is 7.58. The van der Waals surface area contributed by atoms with Crippen LogP contribution in [0.5, 0.6) is 5.75 Å². The number of carboxylic acid groups (broad SMARTS) is 1. The van der Waals surface area contributed by atoms with E-state index < -0.39 is 36.0 Å². The van der Waals surface area contributed by atoms with Crippen molar-refractivity contribution in [2.75, 3.05) is 20.2 Å². The summed E-state index contributed by atoms with van der Waals surface area (Å²) in [6.45, 7) is -0.171. The Hall–Kier alpha value is -2.90. The van der Waals surface area contributed by atoms with Gasteiger partial charge in [-0.2, -0.15) is 0 Å². The Labute approximate surface area is 138 Å². The quantitative estimate of drug-likeness (QED) is 0.698.